The van der Waals surface area contributed by atoms with E-state index in [1.807, 2.05) is 24.3 Å². The molecular formula is C20H16N4O3. The number of nitrogens with zero attached hydrogens (tertiary/aromatic N) is 3. The lowest BCUT2D eigenvalue weighted by molar-refractivity contribution is -0.117. The first-order valence-electron chi connectivity index (χ1n) is 8.12. The Hall–Kier alpha value is -3.92. The normalized spacial score (nSPS) is 10.1. The van der Waals surface area contributed by atoms with Crippen LogP contribution in [0.25, 0.3) is 11.3 Å². The molecule has 1 heterocycles. The summed E-state index contributed by atoms with van der Waals surface area (Å²) in [6.45, 7) is -0.251. The van der Waals surface area contributed by atoms with E-state index in [4.69, 9.17) is 10.00 Å². The van der Waals surface area contributed by atoms with Crippen molar-refractivity contribution in [2.24, 2.45) is 0 Å². The standard InChI is InChI=1S/C20H16N4O3/c1-27-18-8-3-2-7-16(18)17-9-10-20(26)24(23-17)13-19(25)22-15-6-4-5-14(11-15)12-21/h2-11H,13H2,1H3,(H,22,25). The largest absolute Gasteiger partial charge is 0.496 e. The maximum atomic E-state index is 12.3. The number of hydrogen-bond donors (Lipinski definition) is 1. The number of benzene rings is 2. The van der Waals surface area contributed by atoms with Gasteiger partial charge in [-0.25, -0.2) is 4.68 Å². The summed E-state index contributed by atoms with van der Waals surface area (Å²) in [6, 6.07) is 18.8. The van der Waals surface area contributed by atoms with E-state index in [-0.39, 0.29) is 6.54 Å². The summed E-state index contributed by atoms with van der Waals surface area (Å²) in [5.41, 5.74) is 1.76. The highest BCUT2D eigenvalue weighted by Crippen LogP contribution is 2.27. The lowest BCUT2D eigenvalue weighted by Gasteiger charge is -2.10. The summed E-state index contributed by atoms with van der Waals surface area (Å²) >= 11 is 0. The van der Waals surface area contributed by atoms with Gasteiger partial charge >= 0.3 is 0 Å². The Balaban J connectivity index is 1.83. The van der Waals surface area contributed by atoms with Gasteiger partial charge in [0, 0.05) is 17.3 Å². The van der Waals surface area contributed by atoms with Crippen molar-refractivity contribution in [2.75, 3.05) is 12.4 Å². The molecule has 7 heteroatoms. The summed E-state index contributed by atoms with van der Waals surface area (Å²) in [6.07, 6.45) is 0. The van der Waals surface area contributed by atoms with Crippen LogP contribution in [0.4, 0.5) is 5.69 Å². The molecule has 1 N–H and O–H groups in total. The summed E-state index contributed by atoms with van der Waals surface area (Å²) in [5.74, 6) is 0.199. The fourth-order valence-electron chi connectivity index (χ4n) is 2.57. The van der Waals surface area contributed by atoms with Gasteiger partial charge in [0.1, 0.15) is 12.3 Å². The lowest BCUT2D eigenvalue weighted by atomic mass is 10.1. The summed E-state index contributed by atoms with van der Waals surface area (Å²) < 4.78 is 6.41. The summed E-state index contributed by atoms with van der Waals surface area (Å²) in [4.78, 5) is 24.4. The minimum atomic E-state index is -0.420. The van der Waals surface area contributed by atoms with Gasteiger partial charge in [0.25, 0.3) is 5.56 Å². The van der Waals surface area contributed by atoms with E-state index in [0.29, 0.717) is 22.7 Å². The molecule has 3 rings (SSSR count). The minimum absolute atomic E-state index is 0.251. The molecule has 134 valence electrons. The highest BCUT2D eigenvalue weighted by molar-refractivity contribution is 5.90. The van der Waals surface area contributed by atoms with Crippen molar-refractivity contribution < 1.29 is 9.53 Å². The molecular weight excluding hydrogens is 344 g/mol. The molecule has 0 aliphatic heterocycles. The number of methoxy groups -OCH3 is 1. The van der Waals surface area contributed by atoms with E-state index < -0.39 is 11.5 Å². The number of nitriles is 1. The van der Waals surface area contributed by atoms with Crippen molar-refractivity contribution in [3.8, 4) is 23.1 Å². The number of para-hydroxylation sites is 1. The number of rotatable bonds is 5. The molecule has 0 saturated heterocycles. The number of ether oxygens (including phenoxy) is 1. The first kappa shape index (κ1) is 17.9. The van der Waals surface area contributed by atoms with Crippen LogP contribution in [0.5, 0.6) is 5.75 Å². The second-order valence-corrected chi connectivity index (χ2v) is 5.66. The third-order valence-electron chi connectivity index (χ3n) is 3.82. The molecule has 0 spiro atoms. The Morgan fingerprint density at radius 2 is 2.00 bits per heavy atom. The van der Waals surface area contributed by atoms with Gasteiger partial charge in [-0.15, -0.1) is 0 Å². The highest BCUT2D eigenvalue weighted by Gasteiger charge is 2.11. The Morgan fingerprint density at radius 3 is 2.78 bits per heavy atom. The zero-order chi connectivity index (χ0) is 19.2. The van der Waals surface area contributed by atoms with Crippen LogP contribution < -0.4 is 15.6 Å². The van der Waals surface area contributed by atoms with Crippen LogP contribution >= 0.6 is 0 Å². The van der Waals surface area contributed by atoms with Crippen LogP contribution in [-0.2, 0) is 11.3 Å². The van der Waals surface area contributed by atoms with Gasteiger partial charge < -0.3 is 10.1 Å². The van der Waals surface area contributed by atoms with E-state index in [2.05, 4.69) is 10.4 Å². The molecule has 0 saturated carbocycles. The first-order chi connectivity index (χ1) is 13.1. The maximum absolute atomic E-state index is 12.3. The average molecular weight is 360 g/mol. The summed E-state index contributed by atoms with van der Waals surface area (Å²) in [7, 11) is 1.55. The zero-order valence-electron chi connectivity index (χ0n) is 14.5. The highest BCUT2D eigenvalue weighted by atomic mass is 16.5. The Labute approximate surface area is 155 Å². The Kier molecular flexibility index (Phi) is 5.28. The topological polar surface area (TPSA) is 97.0 Å². The monoisotopic (exact) mass is 360 g/mol. The molecule has 1 aromatic heterocycles. The van der Waals surface area contributed by atoms with E-state index in [1.54, 1.807) is 43.5 Å². The fourth-order valence-corrected chi connectivity index (χ4v) is 2.57. The Morgan fingerprint density at radius 1 is 1.19 bits per heavy atom. The van der Waals surface area contributed by atoms with Crippen molar-refractivity contribution >= 4 is 11.6 Å². The van der Waals surface area contributed by atoms with Gasteiger partial charge in [-0.1, -0.05) is 18.2 Å². The average Bonchev–Trinajstić information content (AvgIpc) is 2.69. The number of hydrogen-bond acceptors (Lipinski definition) is 5. The molecule has 1 amide bonds. The molecule has 27 heavy (non-hydrogen) atoms. The van der Waals surface area contributed by atoms with Crippen LogP contribution in [-0.4, -0.2) is 22.8 Å². The van der Waals surface area contributed by atoms with Crippen LogP contribution in [0, 0.1) is 11.3 Å². The van der Waals surface area contributed by atoms with Gasteiger partial charge in [0.05, 0.1) is 24.4 Å². The van der Waals surface area contributed by atoms with Crippen molar-refractivity contribution in [3.05, 3.63) is 76.6 Å². The molecule has 0 aliphatic rings. The predicted molar refractivity (Wildman–Crippen MR) is 100 cm³/mol. The van der Waals surface area contributed by atoms with Gasteiger partial charge in [-0.2, -0.15) is 10.4 Å². The number of aromatic nitrogens is 2. The van der Waals surface area contributed by atoms with Crippen molar-refractivity contribution in [2.45, 2.75) is 6.54 Å². The number of nitrogens with one attached hydrogen (secondary N) is 1. The zero-order valence-corrected chi connectivity index (χ0v) is 14.5. The predicted octanol–water partition coefficient (Wildman–Crippen LogP) is 2.43. The summed E-state index contributed by atoms with van der Waals surface area (Å²) in [5, 5.41) is 15.9. The van der Waals surface area contributed by atoms with Gasteiger partial charge in [-0.05, 0) is 36.4 Å². The second-order valence-electron chi connectivity index (χ2n) is 5.66. The van der Waals surface area contributed by atoms with E-state index in [9.17, 15) is 9.59 Å². The van der Waals surface area contributed by atoms with Crippen LogP contribution in [0.2, 0.25) is 0 Å². The molecule has 0 unspecified atom stereocenters. The quantitative estimate of drug-likeness (QED) is 0.754. The second kappa shape index (κ2) is 7.97. The van der Waals surface area contributed by atoms with E-state index in [0.717, 1.165) is 10.2 Å². The lowest BCUT2D eigenvalue weighted by Crippen LogP contribution is -2.29. The SMILES string of the molecule is COc1ccccc1-c1ccc(=O)n(CC(=O)Nc2cccc(C#N)c2)n1. The molecule has 0 radical (unpaired) electrons. The number of carbonyl (C=O) groups is 1. The van der Waals surface area contributed by atoms with Crippen LogP contribution in [0.15, 0.2) is 65.5 Å². The molecule has 2 aromatic carbocycles. The number of amides is 1. The van der Waals surface area contributed by atoms with Crippen LogP contribution in [0.1, 0.15) is 5.56 Å². The molecule has 0 fully saturated rings. The van der Waals surface area contributed by atoms with Crippen molar-refractivity contribution in [1.29, 1.82) is 5.26 Å². The Bertz CT molecular complexity index is 1080. The fraction of sp³-hybridized carbons (Fsp3) is 0.100. The van der Waals surface area contributed by atoms with Crippen molar-refractivity contribution in [1.82, 2.24) is 9.78 Å². The van der Waals surface area contributed by atoms with Gasteiger partial charge in [0.2, 0.25) is 5.91 Å². The molecule has 0 bridgehead atoms. The molecule has 0 aliphatic carbocycles. The minimum Gasteiger partial charge on any atom is -0.496 e. The first-order valence-corrected chi connectivity index (χ1v) is 8.12. The molecule has 7 nitrogen and oxygen atoms in total. The maximum Gasteiger partial charge on any atom is 0.267 e. The van der Waals surface area contributed by atoms with Crippen LogP contribution in [0.3, 0.4) is 0 Å². The number of carbonyl (C=O) groups excluding carboxylic acids is 1. The molecule has 3 aromatic rings. The third-order valence-corrected chi connectivity index (χ3v) is 3.82. The van der Waals surface area contributed by atoms with E-state index >= 15 is 0 Å². The van der Waals surface area contributed by atoms with Gasteiger partial charge in [0.15, 0.2) is 0 Å². The van der Waals surface area contributed by atoms with Crippen molar-refractivity contribution in [3.63, 3.8) is 0 Å². The van der Waals surface area contributed by atoms with Gasteiger partial charge in [-0.3, -0.25) is 9.59 Å². The smallest absolute Gasteiger partial charge is 0.267 e. The van der Waals surface area contributed by atoms with E-state index in [1.165, 1.54) is 6.07 Å². The third kappa shape index (κ3) is 4.19. The number of anilines is 1. The molecule has 0 atom stereocenters.